The molecule has 0 aliphatic carbocycles. The maximum Gasteiger partial charge on any atom is 0.292 e. The summed E-state index contributed by atoms with van der Waals surface area (Å²) in [7, 11) is 0. The summed E-state index contributed by atoms with van der Waals surface area (Å²) in [5, 5.41) is 13.0. The van der Waals surface area contributed by atoms with Crippen molar-refractivity contribution >= 4 is 17.3 Å². The Balaban J connectivity index is 2.99. The number of carbonyl (C=O) groups excluding carboxylic acids is 1. The van der Waals surface area contributed by atoms with Gasteiger partial charge in [0.1, 0.15) is 11.5 Å². The largest absolute Gasteiger partial charge is 0.320 e. The fraction of sp³-hybridized carbons (Fsp3) is 0.364. The minimum Gasteiger partial charge on any atom is -0.320 e. The third-order valence-corrected chi connectivity index (χ3v) is 2.43. The lowest BCUT2D eigenvalue weighted by Crippen LogP contribution is -2.39. The van der Waals surface area contributed by atoms with Gasteiger partial charge in [-0.05, 0) is 12.0 Å². The zero-order chi connectivity index (χ0) is 13.9. The molecule has 0 heterocycles. The number of nitrogens with one attached hydrogen (secondary N) is 1. The average Bonchev–Trinajstić information content (AvgIpc) is 2.27. The van der Waals surface area contributed by atoms with Crippen molar-refractivity contribution in [1.82, 2.24) is 0 Å². The number of nitro groups is 1. The summed E-state index contributed by atoms with van der Waals surface area (Å²) in [6.07, 6.45) is 0. The predicted molar refractivity (Wildman–Crippen MR) is 64.5 cm³/mol. The van der Waals surface area contributed by atoms with Crippen molar-refractivity contribution < 1.29 is 14.1 Å². The molecule has 0 aliphatic heterocycles. The molecule has 1 aromatic rings. The molecule has 0 radical (unpaired) electrons. The highest BCUT2D eigenvalue weighted by molar-refractivity contribution is 5.96. The molecule has 0 unspecified atom stereocenters. The monoisotopic (exact) mass is 255 g/mol. The van der Waals surface area contributed by atoms with E-state index in [-0.39, 0.29) is 17.3 Å². The second-order valence-corrected chi connectivity index (χ2v) is 4.18. The van der Waals surface area contributed by atoms with E-state index in [4.69, 9.17) is 5.73 Å². The van der Waals surface area contributed by atoms with Gasteiger partial charge >= 0.3 is 0 Å². The number of benzene rings is 1. The van der Waals surface area contributed by atoms with Crippen LogP contribution in [-0.4, -0.2) is 16.9 Å². The van der Waals surface area contributed by atoms with Crippen LogP contribution in [0.15, 0.2) is 18.2 Å². The van der Waals surface area contributed by atoms with Crippen LogP contribution in [0.5, 0.6) is 0 Å². The fourth-order valence-electron chi connectivity index (χ4n) is 1.29. The van der Waals surface area contributed by atoms with Crippen molar-refractivity contribution in [3.63, 3.8) is 0 Å². The van der Waals surface area contributed by atoms with Crippen LogP contribution in [-0.2, 0) is 4.79 Å². The first-order valence-corrected chi connectivity index (χ1v) is 5.33. The summed E-state index contributed by atoms with van der Waals surface area (Å²) in [5.74, 6) is -1.38. The Bertz CT molecular complexity index is 477. The van der Waals surface area contributed by atoms with Crippen LogP contribution in [0.25, 0.3) is 0 Å². The first-order valence-electron chi connectivity index (χ1n) is 5.33. The first kappa shape index (κ1) is 14.0. The molecule has 1 atom stereocenters. The molecule has 6 nitrogen and oxygen atoms in total. The number of rotatable bonds is 4. The van der Waals surface area contributed by atoms with Gasteiger partial charge in [0.05, 0.1) is 11.0 Å². The van der Waals surface area contributed by atoms with Crippen LogP contribution in [0.4, 0.5) is 15.8 Å². The number of halogens is 1. The maximum atomic E-state index is 13.0. The zero-order valence-corrected chi connectivity index (χ0v) is 10.0. The summed E-state index contributed by atoms with van der Waals surface area (Å²) in [5.41, 5.74) is 5.03. The van der Waals surface area contributed by atoms with Crippen LogP contribution >= 0.6 is 0 Å². The normalized spacial score (nSPS) is 12.3. The second kappa shape index (κ2) is 5.54. The summed E-state index contributed by atoms with van der Waals surface area (Å²) < 4.78 is 13.0. The molecule has 0 saturated heterocycles. The van der Waals surface area contributed by atoms with Gasteiger partial charge in [0, 0.05) is 12.1 Å². The Hall–Kier alpha value is -2.02. The highest BCUT2D eigenvalue weighted by Gasteiger charge is 2.21. The number of nitrogens with zero attached hydrogens (tertiary/aromatic N) is 1. The van der Waals surface area contributed by atoms with Gasteiger partial charge in [-0.15, -0.1) is 0 Å². The molecule has 0 aliphatic rings. The van der Waals surface area contributed by atoms with E-state index < -0.39 is 22.7 Å². The van der Waals surface area contributed by atoms with Crippen LogP contribution in [0.1, 0.15) is 13.8 Å². The van der Waals surface area contributed by atoms with E-state index in [1.165, 1.54) is 0 Å². The fourth-order valence-corrected chi connectivity index (χ4v) is 1.29. The molecular weight excluding hydrogens is 241 g/mol. The Morgan fingerprint density at radius 3 is 2.61 bits per heavy atom. The first-order chi connectivity index (χ1) is 8.32. The lowest BCUT2D eigenvalue weighted by molar-refractivity contribution is -0.384. The zero-order valence-electron chi connectivity index (χ0n) is 10.0. The molecule has 1 amide bonds. The molecule has 0 bridgehead atoms. The van der Waals surface area contributed by atoms with E-state index in [0.717, 1.165) is 18.2 Å². The summed E-state index contributed by atoms with van der Waals surface area (Å²) in [6, 6.07) is 2.03. The molecule has 1 rings (SSSR count). The molecule has 18 heavy (non-hydrogen) atoms. The van der Waals surface area contributed by atoms with Gasteiger partial charge in [-0.25, -0.2) is 4.39 Å². The van der Waals surface area contributed by atoms with Crippen LogP contribution < -0.4 is 11.1 Å². The molecule has 0 aromatic heterocycles. The number of hydrogen-bond acceptors (Lipinski definition) is 4. The molecule has 98 valence electrons. The molecule has 0 saturated carbocycles. The van der Waals surface area contributed by atoms with Gasteiger partial charge < -0.3 is 11.1 Å². The SMILES string of the molecule is CC(C)[C@@H](N)C(=O)Nc1cc(F)ccc1[N+](=O)[O-]. The molecule has 0 spiro atoms. The van der Waals surface area contributed by atoms with E-state index in [0.29, 0.717) is 0 Å². The van der Waals surface area contributed by atoms with Crippen LogP contribution in [0, 0.1) is 21.8 Å². The smallest absolute Gasteiger partial charge is 0.292 e. The van der Waals surface area contributed by atoms with Gasteiger partial charge in [0.2, 0.25) is 5.91 Å². The van der Waals surface area contributed by atoms with Crippen molar-refractivity contribution in [1.29, 1.82) is 0 Å². The Morgan fingerprint density at radius 1 is 1.50 bits per heavy atom. The summed E-state index contributed by atoms with van der Waals surface area (Å²) >= 11 is 0. The van der Waals surface area contributed by atoms with E-state index in [1.54, 1.807) is 13.8 Å². The van der Waals surface area contributed by atoms with E-state index >= 15 is 0 Å². The van der Waals surface area contributed by atoms with Crippen molar-refractivity contribution in [3.8, 4) is 0 Å². The molecule has 1 aromatic carbocycles. The number of anilines is 1. The lowest BCUT2D eigenvalue weighted by Gasteiger charge is -2.15. The number of hydrogen-bond donors (Lipinski definition) is 2. The highest BCUT2D eigenvalue weighted by atomic mass is 19.1. The Kier molecular flexibility index (Phi) is 4.33. The standard InChI is InChI=1S/C11H14FN3O3/c1-6(2)10(13)11(16)14-8-5-7(12)3-4-9(8)15(17)18/h3-6,10H,13H2,1-2H3,(H,14,16)/t10-/m1/s1. The number of amides is 1. The number of nitrogens with two attached hydrogens (primary N) is 1. The molecule has 3 N–H and O–H groups in total. The third-order valence-electron chi connectivity index (χ3n) is 2.43. The topological polar surface area (TPSA) is 98.3 Å². The average molecular weight is 255 g/mol. The molecular formula is C11H14FN3O3. The quantitative estimate of drug-likeness (QED) is 0.631. The maximum absolute atomic E-state index is 13.0. The van der Waals surface area contributed by atoms with Crippen molar-refractivity contribution in [2.45, 2.75) is 19.9 Å². The molecule has 7 heteroatoms. The van der Waals surface area contributed by atoms with Crippen molar-refractivity contribution in [2.24, 2.45) is 11.7 Å². The highest BCUT2D eigenvalue weighted by Crippen LogP contribution is 2.25. The van der Waals surface area contributed by atoms with E-state index in [2.05, 4.69) is 5.32 Å². The molecule has 0 fully saturated rings. The third kappa shape index (κ3) is 3.24. The number of carbonyl (C=O) groups is 1. The van der Waals surface area contributed by atoms with Crippen molar-refractivity contribution in [3.05, 3.63) is 34.1 Å². The minimum atomic E-state index is -0.812. The Labute approximate surface area is 103 Å². The minimum absolute atomic E-state index is 0.127. The van der Waals surface area contributed by atoms with Gasteiger partial charge in [0.25, 0.3) is 5.69 Å². The van der Waals surface area contributed by atoms with E-state index in [9.17, 15) is 19.3 Å². The predicted octanol–water partition coefficient (Wildman–Crippen LogP) is 1.66. The summed E-state index contributed by atoms with van der Waals surface area (Å²) in [4.78, 5) is 21.7. The van der Waals surface area contributed by atoms with E-state index in [1.807, 2.05) is 0 Å². The van der Waals surface area contributed by atoms with Crippen LogP contribution in [0.3, 0.4) is 0 Å². The Morgan fingerprint density at radius 2 is 2.11 bits per heavy atom. The summed E-state index contributed by atoms with van der Waals surface area (Å²) in [6.45, 7) is 3.48. The van der Waals surface area contributed by atoms with Crippen LogP contribution in [0.2, 0.25) is 0 Å². The van der Waals surface area contributed by atoms with Gasteiger partial charge in [-0.2, -0.15) is 0 Å². The second-order valence-electron chi connectivity index (χ2n) is 4.18. The van der Waals surface area contributed by atoms with Gasteiger partial charge in [-0.3, -0.25) is 14.9 Å². The van der Waals surface area contributed by atoms with Gasteiger partial charge in [-0.1, -0.05) is 13.8 Å². The van der Waals surface area contributed by atoms with Crippen molar-refractivity contribution in [2.75, 3.05) is 5.32 Å². The van der Waals surface area contributed by atoms with Gasteiger partial charge in [0.15, 0.2) is 0 Å². The number of nitro benzene ring substituents is 1. The lowest BCUT2D eigenvalue weighted by atomic mass is 10.0.